The first kappa shape index (κ1) is 29.3. The zero-order valence-corrected chi connectivity index (χ0v) is 20.0. The number of halogens is 7. The zero-order valence-electron chi connectivity index (χ0n) is 19.2. The average molecular weight is 544 g/mol. The van der Waals surface area contributed by atoms with Crippen LogP contribution in [0.2, 0.25) is 0 Å². The molecular formula is C22H23F7N2O4S. The molecule has 6 nitrogen and oxygen atoms in total. The Morgan fingerprint density at radius 3 is 1.83 bits per heavy atom. The molecule has 14 heteroatoms. The van der Waals surface area contributed by atoms with Gasteiger partial charge in [0.1, 0.15) is 15.3 Å². The van der Waals surface area contributed by atoms with Crippen LogP contribution in [0.3, 0.4) is 0 Å². The van der Waals surface area contributed by atoms with Gasteiger partial charge in [0.25, 0.3) is 0 Å². The minimum Gasteiger partial charge on any atom is -0.369 e. The number of carbonyl (C=O) groups is 2. The molecule has 1 aliphatic carbocycles. The average Bonchev–Trinajstić information content (AvgIpc) is 2.69. The van der Waals surface area contributed by atoms with E-state index >= 15 is 0 Å². The van der Waals surface area contributed by atoms with E-state index in [0.29, 0.717) is 6.07 Å². The van der Waals surface area contributed by atoms with Gasteiger partial charge >= 0.3 is 18.0 Å². The van der Waals surface area contributed by atoms with E-state index in [-0.39, 0.29) is 17.7 Å². The Morgan fingerprint density at radius 1 is 0.944 bits per heavy atom. The summed E-state index contributed by atoms with van der Waals surface area (Å²) in [7, 11) is -3.79. The van der Waals surface area contributed by atoms with Crippen molar-refractivity contribution in [1.29, 1.82) is 0 Å². The van der Waals surface area contributed by atoms with Crippen molar-refractivity contribution in [3.05, 3.63) is 59.2 Å². The first-order valence-corrected chi connectivity index (χ1v) is 12.2. The van der Waals surface area contributed by atoms with E-state index in [1.54, 1.807) is 0 Å². The molecular weight excluding hydrogens is 521 g/mol. The molecule has 0 radical (unpaired) electrons. The van der Waals surface area contributed by atoms with Crippen LogP contribution in [0.15, 0.2) is 42.5 Å². The van der Waals surface area contributed by atoms with Crippen molar-refractivity contribution in [3.8, 4) is 0 Å². The predicted octanol–water partition coefficient (Wildman–Crippen LogP) is 3.29. The number of rotatable bonds is 7. The number of benzene rings is 1. The zero-order chi connectivity index (χ0) is 28.1. The van der Waals surface area contributed by atoms with Crippen LogP contribution in [0.4, 0.5) is 30.7 Å². The highest BCUT2D eigenvalue weighted by Gasteiger charge is 2.73. The van der Waals surface area contributed by atoms with Gasteiger partial charge in [-0.15, -0.1) is 0 Å². The molecule has 2 rings (SSSR count). The largest absolute Gasteiger partial charge is 0.435 e. The van der Waals surface area contributed by atoms with Crippen LogP contribution in [0.1, 0.15) is 23.6 Å². The molecule has 0 heterocycles. The lowest BCUT2D eigenvalue weighted by Gasteiger charge is -2.49. The molecule has 0 bridgehead atoms. The number of sulfone groups is 1. The van der Waals surface area contributed by atoms with Crippen LogP contribution in [-0.4, -0.2) is 44.6 Å². The summed E-state index contributed by atoms with van der Waals surface area (Å²) < 4.78 is 118. The summed E-state index contributed by atoms with van der Waals surface area (Å²) in [6.45, 7) is 2.27. The van der Waals surface area contributed by atoms with E-state index in [9.17, 15) is 48.7 Å². The SMILES string of the molecule is Cc1cc(C(F)(C(F)(F)F)C(F)(F)F)ccc1C1(C(N)=O)C=CC=CC1(C(N)=O)C(C)CS(C)(=O)=O. The van der Waals surface area contributed by atoms with Gasteiger partial charge in [0.15, 0.2) is 0 Å². The fourth-order valence-corrected chi connectivity index (χ4v) is 6.05. The van der Waals surface area contributed by atoms with Crippen molar-refractivity contribution < 1.29 is 48.7 Å². The molecule has 4 N–H and O–H groups in total. The molecule has 3 unspecified atom stereocenters. The lowest BCUT2D eigenvalue weighted by atomic mass is 9.52. The third kappa shape index (κ3) is 4.28. The maximum Gasteiger partial charge on any atom is 0.435 e. The monoisotopic (exact) mass is 544 g/mol. The summed E-state index contributed by atoms with van der Waals surface area (Å²) in [5.41, 5.74) is -1.59. The third-order valence-corrected chi connectivity index (χ3v) is 7.53. The van der Waals surface area contributed by atoms with E-state index in [2.05, 4.69) is 0 Å². The lowest BCUT2D eigenvalue weighted by Crippen LogP contribution is -2.62. The van der Waals surface area contributed by atoms with Gasteiger partial charge in [-0.3, -0.25) is 9.59 Å². The van der Waals surface area contributed by atoms with Crippen molar-refractivity contribution in [2.75, 3.05) is 12.0 Å². The van der Waals surface area contributed by atoms with Gasteiger partial charge in [-0.25, -0.2) is 12.8 Å². The van der Waals surface area contributed by atoms with Gasteiger partial charge in [0.2, 0.25) is 11.8 Å². The Kier molecular flexibility index (Phi) is 7.24. The third-order valence-electron chi connectivity index (χ3n) is 6.43. The topological polar surface area (TPSA) is 120 Å². The molecule has 200 valence electrons. The maximum atomic E-state index is 14.6. The minimum atomic E-state index is -6.38. The summed E-state index contributed by atoms with van der Waals surface area (Å²) in [6.07, 6.45) is -7.22. The Morgan fingerprint density at radius 2 is 1.44 bits per heavy atom. The number of nitrogens with two attached hydrogens (primary N) is 2. The number of primary amides is 2. The lowest BCUT2D eigenvalue weighted by molar-refractivity contribution is -0.348. The molecule has 36 heavy (non-hydrogen) atoms. The Labute approximate surface area is 202 Å². The van der Waals surface area contributed by atoms with Crippen molar-refractivity contribution in [1.82, 2.24) is 0 Å². The predicted molar refractivity (Wildman–Crippen MR) is 116 cm³/mol. The normalized spacial score (nSPS) is 23.9. The summed E-state index contributed by atoms with van der Waals surface area (Å²) in [4.78, 5) is 25.8. The van der Waals surface area contributed by atoms with Crippen molar-refractivity contribution in [2.24, 2.45) is 22.8 Å². The fraction of sp³-hybridized carbons (Fsp3) is 0.455. The molecule has 2 amide bonds. The van der Waals surface area contributed by atoms with Gasteiger partial charge < -0.3 is 11.5 Å². The Hall–Kier alpha value is -2.90. The van der Waals surface area contributed by atoms with E-state index < -0.39 is 73.3 Å². The molecule has 1 aromatic rings. The molecule has 0 spiro atoms. The second-order valence-corrected chi connectivity index (χ2v) is 11.0. The second kappa shape index (κ2) is 8.89. The number of hydrogen-bond acceptors (Lipinski definition) is 4. The summed E-state index contributed by atoms with van der Waals surface area (Å²) >= 11 is 0. The molecule has 0 saturated heterocycles. The molecule has 3 atom stereocenters. The molecule has 0 aliphatic heterocycles. The summed E-state index contributed by atoms with van der Waals surface area (Å²) in [6, 6.07) is 1.06. The number of allylic oxidation sites excluding steroid dienone is 2. The van der Waals surface area contributed by atoms with Gasteiger partial charge in [-0.05, 0) is 24.0 Å². The number of hydrogen-bond donors (Lipinski definition) is 2. The standard InChI is InChI=1S/C22H23F7N2O4S/c1-12-10-14(20(23,21(24,25)26)22(27,28)29)6-7-15(12)19(17(31)33)9-5-4-8-18(19,16(30)32)13(2)11-36(3,34)35/h4-10,13H,11H2,1-3H3,(H2,30,32)(H2,31,33). The summed E-state index contributed by atoms with van der Waals surface area (Å²) in [5.74, 6) is -4.46. The van der Waals surface area contributed by atoms with Gasteiger partial charge in [-0.2, -0.15) is 26.3 Å². The Bertz CT molecular complexity index is 1220. The van der Waals surface area contributed by atoms with Crippen LogP contribution in [0.25, 0.3) is 0 Å². The highest BCUT2D eigenvalue weighted by Crippen LogP contribution is 2.56. The van der Waals surface area contributed by atoms with Crippen LogP contribution in [0.5, 0.6) is 0 Å². The highest BCUT2D eigenvalue weighted by molar-refractivity contribution is 7.90. The van der Waals surface area contributed by atoms with Crippen molar-refractivity contribution >= 4 is 21.7 Å². The first-order valence-electron chi connectivity index (χ1n) is 10.2. The van der Waals surface area contributed by atoms with Crippen LogP contribution in [-0.2, 0) is 30.5 Å². The molecule has 1 aliphatic rings. The van der Waals surface area contributed by atoms with Crippen LogP contribution in [0, 0.1) is 18.3 Å². The molecule has 0 fully saturated rings. The number of amides is 2. The Balaban J connectivity index is 2.95. The fourth-order valence-electron chi connectivity index (χ4n) is 4.87. The van der Waals surface area contributed by atoms with Crippen molar-refractivity contribution in [2.45, 2.75) is 37.3 Å². The quantitative estimate of drug-likeness (QED) is 0.512. The van der Waals surface area contributed by atoms with Gasteiger partial charge in [-0.1, -0.05) is 49.4 Å². The number of carbonyl (C=O) groups excluding carboxylic acids is 2. The number of alkyl halides is 7. The van der Waals surface area contributed by atoms with Crippen LogP contribution >= 0.6 is 0 Å². The van der Waals surface area contributed by atoms with Gasteiger partial charge in [0, 0.05) is 11.8 Å². The van der Waals surface area contributed by atoms with E-state index in [0.717, 1.165) is 25.3 Å². The second-order valence-electron chi connectivity index (χ2n) is 8.80. The van der Waals surface area contributed by atoms with E-state index in [4.69, 9.17) is 11.5 Å². The maximum absolute atomic E-state index is 14.6. The molecule has 0 aromatic heterocycles. The molecule has 0 saturated carbocycles. The van der Waals surface area contributed by atoms with Crippen LogP contribution < -0.4 is 11.5 Å². The smallest absolute Gasteiger partial charge is 0.369 e. The minimum absolute atomic E-state index is 0.188. The first-order chi connectivity index (χ1) is 16.1. The molecule has 1 aromatic carbocycles. The number of aryl methyl sites for hydroxylation is 1. The van der Waals surface area contributed by atoms with E-state index in [1.165, 1.54) is 19.1 Å². The summed E-state index contributed by atoms with van der Waals surface area (Å²) in [5, 5.41) is 0. The van der Waals surface area contributed by atoms with Crippen molar-refractivity contribution in [3.63, 3.8) is 0 Å². The van der Waals surface area contributed by atoms with E-state index in [1.807, 2.05) is 0 Å². The highest BCUT2D eigenvalue weighted by atomic mass is 32.2. The van der Waals surface area contributed by atoms with Gasteiger partial charge in [0.05, 0.1) is 11.2 Å².